The molecule has 0 aromatic heterocycles. The van der Waals surface area contributed by atoms with E-state index in [1.807, 2.05) is 6.07 Å². The molecule has 0 unspecified atom stereocenters. The van der Waals surface area contributed by atoms with E-state index in [9.17, 15) is 0 Å². The van der Waals surface area contributed by atoms with E-state index in [1.165, 1.54) is 5.56 Å². The topological polar surface area (TPSA) is 43.0 Å². The standard InChI is InChI=1S/C17H28N2O3/c1-5-6-14(19-11-9-18-10-12-19)13-7-8-15(20-2)17(22-4)16(13)21-3/h7-8,14,18H,5-6,9-12H2,1-4H3/t14-/m0/s1. The molecule has 0 saturated carbocycles. The van der Waals surface area contributed by atoms with Crippen LogP contribution in [-0.2, 0) is 0 Å². The lowest BCUT2D eigenvalue weighted by molar-refractivity contribution is 0.161. The number of ether oxygens (including phenoxy) is 3. The van der Waals surface area contributed by atoms with Gasteiger partial charge in [-0.3, -0.25) is 4.90 Å². The number of nitrogens with one attached hydrogen (secondary N) is 1. The highest BCUT2D eigenvalue weighted by molar-refractivity contribution is 5.56. The van der Waals surface area contributed by atoms with Crippen molar-refractivity contribution in [3.8, 4) is 17.2 Å². The third kappa shape index (κ3) is 3.47. The third-order valence-electron chi connectivity index (χ3n) is 4.25. The summed E-state index contributed by atoms with van der Waals surface area (Å²) in [7, 11) is 5.00. The largest absolute Gasteiger partial charge is 0.493 e. The number of methoxy groups -OCH3 is 3. The van der Waals surface area contributed by atoms with Crippen LogP contribution in [0.3, 0.4) is 0 Å². The van der Waals surface area contributed by atoms with Crippen LogP contribution in [0, 0.1) is 0 Å². The maximum atomic E-state index is 5.68. The second-order valence-electron chi connectivity index (χ2n) is 5.51. The molecule has 124 valence electrons. The third-order valence-corrected chi connectivity index (χ3v) is 4.25. The highest BCUT2D eigenvalue weighted by Gasteiger charge is 2.27. The van der Waals surface area contributed by atoms with Crippen molar-refractivity contribution in [2.45, 2.75) is 25.8 Å². The van der Waals surface area contributed by atoms with Gasteiger partial charge in [-0.15, -0.1) is 0 Å². The van der Waals surface area contributed by atoms with Crippen molar-refractivity contribution < 1.29 is 14.2 Å². The van der Waals surface area contributed by atoms with Gasteiger partial charge in [-0.05, 0) is 18.6 Å². The van der Waals surface area contributed by atoms with Crippen LogP contribution in [0.5, 0.6) is 17.2 Å². The smallest absolute Gasteiger partial charge is 0.203 e. The second-order valence-corrected chi connectivity index (χ2v) is 5.51. The Morgan fingerprint density at radius 1 is 1.05 bits per heavy atom. The maximum absolute atomic E-state index is 5.68. The Labute approximate surface area is 133 Å². The Balaban J connectivity index is 2.41. The minimum absolute atomic E-state index is 0.349. The molecule has 1 heterocycles. The zero-order chi connectivity index (χ0) is 15.9. The van der Waals surface area contributed by atoms with Crippen molar-refractivity contribution in [2.75, 3.05) is 47.5 Å². The van der Waals surface area contributed by atoms with Crippen LogP contribution in [0.4, 0.5) is 0 Å². The van der Waals surface area contributed by atoms with Crippen molar-refractivity contribution in [1.29, 1.82) is 0 Å². The summed E-state index contributed by atoms with van der Waals surface area (Å²) in [6, 6.07) is 4.44. The molecule has 5 nitrogen and oxygen atoms in total. The molecule has 0 radical (unpaired) electrons. The van der Waals surface area contributed by atoms with Crippen LogP contribution >= 0.6 is 0 Å². The van der Waals surface area contributed by atoms with Gasteiger partial charge in [0.05, 0.1) is 21.3 Å². The van der Waals surface area contributed by atoms with Gasteiger partial charge >= 0.3 is 0 Å². The first-order chi connectivity index (χ1) is 10.8. The Kier molecular flexibility index (Phi) is 6.34. The Morgan fingerprint density at radius 3 is 2.27 bits per heavy atom. The second kappa shape index (κ2) is 8.25. The SMILES string of the molecule is CCC[C@@H](c1ccc(OC)c(OC)c1OC)N1CCNCC1. The van der Waals surface area contributed by atoms with Crippen molar-refractivity contribution in [3.05, 3.63) is 17.7 Å². The summed E-state index contributed by atoms with van der Waals surface area (Å²) < 4.78 is 16.6. The van der Waals surface area contributed by atoms with E-state index in [4.69, 9.17) is 14.2 Å². The van der Waals surface area contributed by atoms with Crippen LogP contribution in [-0.4, -0.2) is 52.4 Å². The normalized spacial score (nSPS) is 17.1. The van der Waals surface area contributed by atoms with Gasteiger partial charge in [0.2, 0.25) is 5.75 Å². The van der Waals surface area contributed by atoms with E-state index in [1.54, 1.807) is 21.3 Å². The fraction of sp³-hybridized carbons (Fsp3) is 0.647. The van der Waals surface area contributed by atoms with Gasteiger partial charge in [0, 0.05) is 37.8 Å². The predicted octanol–water partition coefficient (Wildman–Crippen LogP) is 2.46. The zero-order valence-electron chi connectivity index (χ0n) is 14.1. The lowest BCUT2D eigenvalue weighted by atomic mass is 9.98. The van der Waals surface area contributed by atoms with Gasteiger partial charge in [0.15, 0.2) is 11.5 Å². The molecule has 0 amide bonds. The number of benzene rings is 1. The first-order valence-electron chi connectivity index (χ1n) is 8.00. The minimum Gasteiger partial charge on any atom is -0.493 e. The van der Waals surface area contributed by atoms with Crippen LogP contribution in [0.1, 0.15) is 31.4 Å². The van der Waals surface area contributed by atoms with Crippen LogP contribution in [0.15, 0.2) is 12.1 Å². The van der Waals surface area contributed by atoms with Crippen molar-refractivity contribution in [3.63, 3.8) is 0 Å². The number of nitrogens with zero attached hydrogens (tertiary/aromatic N) is 1. The summed E-state index contributed by atoms with van der Waals surface area (Å²) in [6.07, 6.45) is 2.23. The zero-order valence-corrected chi connectivity index (χ0v) is 14.1. The van der Waals surface area contributed by atoms with Gasteiger partial charge in [-0.1, -0.05) is 13.3 Å². The first kappa shape index (κ1) is 16.9. The van der Waals surface area contributed by atoms with Gasteiger partial charge in [-0.25, -0.2) is 0 Å². The van der Waals surface area contributed by atoms with Gasteiger partial charge in [0.25, 0.3) is 0 Å². The van der Waals surface area contributed by atoms with Gasteiger partial charge in [-0.2, -0.15) is 0 Å². The van der Waals surface area contributed by atoms with Crippen molar-refractivity contribution in [2.24, 2.45) is 0 Å². The molecule has 1 aliphatic heterocycles. The lowest BCUT2D eigenvalue weighted by Crippen LogP contribution is -2.45. The summed E-state index contributed by atoms with van der Waals surface area (Å²) in [4.78, 5) is 2.53. The monoisotopic (exact) mass is 308 g/mol. The summed E-state index contributed by atoms with van der Waals surface area (Å²) in [5.74, 6) is 2.18. The highest BCUT2D eigenvalue weighted by Crippen LogP contribution is 2.44. The molecule has 0 aliphatic carbocycles. The summed E-state index contributed by atoms with van der Waals surface area (Å²) >= 11 is 0. The van der Waals surface area contributed by atoms with E-state index in [-0.39, 0.29) is 0 Å². The highest BCUT2D eigenvalue weighted by atomic mass is 16.5. The number of piperazine rings is 1. The number of hydrogen-bond acceptors (Lipinski definition) is 5. The van der Waals surface area contributed by atoms with Crippen LogP contribution in [0.2, 0.25) is 0 Å². The molecule has 0 spiro atoms. The average molecular weight is 308 g/mol. The van der Waals surface area contributed by atoms with Gasteiger partial charge in [0.1, 0.15) is 0 Å². The molecule has 1 N–H and O–H groups in total. The predicted molar refractivity (Wildman–Crippen MR) is 88.2 cm³/mol. The molecule has 0 bridgehead atoms. The number of rotatable bonds is 7. The van der Waals surface area contributed by atoms with Crippen LogP contribution < -0.4 is 19.5 Å². The molecule has 1 aromatic carbocycles. The molecule has 1 fully saturated rings. The average Bonchev–Trinajstić information content (AvgIpc) is 2.59. The fourth-order valence-corrected chi connectivity index (χ4v) is 3.19. The molecule has 2 rings (SSSR count). The Hall–Kier alpha value is -1.46. The van der Waals surface area contributed by atoms with Gasteiger partial charge < -0.3 is 19.5 Å². The summed E-state index contributed by atoms with van der Waals surface area (Å²) in [6.45, 7) is 6.42. The molecule has 5 heteroatoms. The van der Waals surface area contributed by atoms with E-state index >= 15 is 0 Å². The van der Waals surface area contributed by atoms with E-state index in [0.717, 1.165) is 44.8 Å². The molecule has 1 aliphatic rings. The first-order valence-corrected chi connectivity index (χ1v) is 8.00. The molecule has 22 heavy (non-hydrogen) atoms. The minimum atomic E-state index is 0.349. The van der Waals surface area contributed by atoms with Crippen molar-refractivity contribution >= 4 is 0 Å². The fourth-order valence-electron chi connectivity index (χ4n) is 3.19. The Bertz CT molecular complexity index is 473. The molecule has 1 aromatic rings. The molecular formula is C17H28N2O3. The molecule has 1 atom stereocenters. The van der Waals surface area contributed by atoms with E-state index in [2.05, 4.69) is 23.2 Å². The lowest BCUT2D eigenvalue weighted by Gasteiger charge is -2.36. The van der Waals surface area contributed by atoms with E-state index in [0.29, 0.717) is 17.5 Å². The summed E-state index contributed by atoms with van der Waals surface area (Å²) in [5.41, 5.74) is 1.18. The summed E-state index contributed by atoms with van der Waals surface area (Å²) in [5, 5.41) is 3.41. The number of hydrogen-bond donors (Lipinski definition) is 1. The van der Waals surface area contributed by atoms with Crippen molar-refractivity contribution in [1.82, 2.24) is 10.2 Å². The maximum Gasteiger partial charge on any atom is 0.203 e. The van der Waals surface area contributed by atoms with Crippen LogP contribution in [0.25, 0.3) is 0 Å². The Morgan fingerprint density at radius 2 is 1.73 bits per heavy atom. The molecule has 1 saturated heterocycles. The molecular weight excluding hydrogens is 280 g/mol. The quantitative estimate of drug-likeness (QED) is 0.838. The van der Waals surface area contributed by atoms with E-state index < -0.39 is 0 Å².